The van der Waals surface area contributed by atoms with Crippen LogP contribution >= 0.6 is 0 Å². The Bertz CT molecular complexity index is 1210. The van der Waals surface area contributed by atoms with E-state index in [1.165, 1.54) is 13.8 Å². The van der Waals surface area contributed by atoms with Gasteiger partial charge in [-0.15, -0.1) is 0 Å². The van der Waals surface area contributed by atoms with Gasteiger partial charge in [-0.2, -0.15) is 0 Å². The minimum absolute atomic E-state index is 0.0169. The molecular formula is C27H26N2O5. The number of hydrogen-bond donors (Lipinski definition) is 3. The second kappa shape index (κ2) is 9.39. The molecule has 0 bridgehead atoms. The summed E-state index contributed by atoms with van der Waals surface area (Å²) in [7, 11) is 0. The van der Waals surface area contributed by atoms with Crippen LogP contribution in [-0.4, -0.2) is 35.2 Å². The van der Waals surface area contributed by atoms with E-state index in [-0.39, 0.29) is 18.9 Å². The quantitative estimate of drug-likeness (QED) is 0.481. The van der Waals surface area contributed by atoms with E-state index in [0.29, 0.717) is 11.3 Å². The van der Waals surface area contributed by atoms with E-state index in [2.05, 4.69) is 34.9 Å². The molecule has 0 saturated heterocycles. The van der Waals surface area contributed by atoms with E-state index < -0.39 is 23.5 Å². The highest BCUT2D eigenvalue weighted by Crippen LogP contribution is 2.44. The van der Waals surface area contributed by atoms with Crippen LogP contribution in [0.25, 0.3) is 11.1 Å². The minimum Gasteiger partial charge on any atom is -0.480 e. The van der Waals surface area contributed by atoms with Gasteiger partial charge < -0.3 is 15.2 Å². The number of carbonyl (C=O) groups excluding carboxylic acids is 2. The number of carbonyl (C=O) groups is 3. The maximum absolute atomic E-state index is 12.5. The van der Waals surface area contributed by atoms with Gasteiger partial charge in [-0.25, -0.2) is 9.59 Å². The van der Waals surface area contributed by atoms with Crippen LogP contribution < -0.4 is 10.6 Å². The Morgan fingerprint density at radius 2 is 1.53 bits per heavy atom. The SMILES string of the molecule is CC(C)(NC(=O)Cc1cccc(NC(=O)OCC2c3ccccc3-c3ccccc32)c1)C(=O)O. The molecule has 3 aromatic carbocycles. The Labute approximate surface area is 197 Å². The maximum Gasteiger partial charge on any atom is 0.411 e. The highest BCUT2D eigenvalue weighted by Gasteiger charge is 2.30. The molecule has 0 atom stereocenters. The van der Waals surface area contributed by atoms with E-state index in [1.807, 2.05) is 24.3 Å². The number of anilines is 1. The number of hydrogen-bond acceptors (Lipinski definition) is 4. The van der Waals surface area contributed by atoms with Crippen LogP contribution in [0.4, 0.5) is 10.5 Å². The standard InChI is InChI=1S/C27H26N2O5/c1-27(2,25(31)32)29-24(30)15-17-8-7-9-18(14-17)28-26(33)34-16-23-21-12-5-3-10-19(21)20-11-4-6-13-22(20)23/h3-14,23H,15-16H2,1-2H3,(H,28,33)(H,29,30)(H,31,32). The second-order valence-corrected chi connectivity index (χ2v) is 8.81. The fourth-order valence-electron chi connectivity index (χ4n) is 4.14. The molecule has 2 amide bonds. The minimum atomic E-state index is -1.37. The predicted molar refractivity (Wildman–Crippen MR) is 129 cm³/mol. The van der Waals surface area contributed by atoms with E-state index in [1.54, 1.807) is 24.3 Å². The van der Waals surface area contributed by atoms with Crippen molar-refractivity contribution in [3.8, 4) is 11.1 Å². The van der Waals surface area contributed by atoms with E-state index in [9.17, 15) is 14.4 Å². The first-order chi connectivity index (χ1) is 16.2. The molecule has 1 aliphatic rings. The Balaban J connectivity index is 1.37. The third-order valence-corrected chi connectivity index (χ3v) is 5.87. The molecule has 7 heteroatoms. The summed E-state index contributed by atoms with van der Waals surface area (Å²) in [5.41, 5.74) is 4.33. The number of rotatable bonds is 7. The Kier molecular flexibility index (Phi) is 6.36. The number of ether oxygens (including phenoxy) is 1. The molecule has 1 aliphatic carbocycles. The molecule has 0 spiro atoms. The van der Waals surface area contributed by atoms with Gasteiger partial charge in [-0.1, -0.05) is 60.7 Å². The van der Waals surface area contributed by atoms with Crippen molar-refractivity contribution in [1.82, 2.24) is 5.32 Å². The lowest BCUT2D eigenvalue weighted by Crippen LogP contribution is -2.50. The van der Waals surface area contributed by atoms with Crippen LogP contribution in [0.3, 0.4) is 0 Å². The third kappa shape index (κ3) is 4.93. The van der Waals surface area contributed by atoms with Gasteiger partial charge >= 0.3 is 12.1 Å². The number of aliphatic carboxylic acids is 1. The zero-order valence-corrected chi connectivity index (χ0v) is 19.0. The Morgan fingerprint density at radius 1 is 0.912 bits per heavy atom. The summed E-state index contributed by atoms with van der Waals surface area (Å²) >= 11 is 0. The van der Waals surface area contributed by atoms with Crippen molar-refractivity contribution < 1.29 is 24.2 Å². The third-order valence-electron chi connectivity index (χ3n) is 5.87. The van der Waals surface area contributed by atoms with E-state index in [0.717, 1.165) is 22.3 Å². The number of amides is 2. The van der Waals surface area contributed by atoms with Crippen LogP contribution in [0.2, 0.25) is 0 Å². The lowest BCUT2D eigenvalue weighted by molar-refractivity contribution is -0.145. The topological polar surface area (TPSA) is 105 Å². The summed E-state index contributed by atoms with van der Waals surface area (Å²) in [5, 5.41) is 14.3. The van der Waals surface area contributed by atoms with Crippen LogP contribution in [0.15, 0.2) is 72.8 Å². The summed E-state index contributed by atoms with van der Waals surface area (Å²) in [5.74, 6) is -1.58. The highest BCUT2D eigenvalue weighted by molar-refractivity contribution is 5.88. The van der Waals surface area contributed by atoms with Gasteiger partial charge in [0.25, 0.3) is 0 Å². The van der Waals surface area contributed by atoms with Crippen LogP contribution in [0.5, 0.6) is 0 Å². The number of benzene rings is 3. The molecule has 3 N–H and O–H groups in total. The lowest BCUT2D eigenvalue weighted by atomic mass is 9.98. The molecule has 4 rings (SSSR count). The molecule has 0 unspecified atom stereocenters. The number of nitrogens with one attached hydrogen (secondary N) is 2. The van der Waals surface area contributed by atoms with E-state index in [4.69, 9.17) is 9.84 Å². The zero-order chi connectivity index (χ0) is 24.3. The Hall–Kier alpha value is -4.13. The van der Waals surface area contributed by atoms with Gasteiger partial charge in [0.05, 0.1) is 6.42 Å². The Morgan fingerprint density at radius 3 is 2.15 bits per heavy atom. The first-order valence-electron chi connectivity index (χ1n) is 11.0. The molecular weight excluding hydrogens is 432 g/mol. The molecule has 0 aliphatic heterocycles. The molecule has 0 aromatic heterocycles. The van der Waals surface area contributed by atoms with Crippen molar-refractivity contribution >= 4 is 23.7 Å². The summed E-state index contributed by atoms with van der Waals surface area (Å²) < 4.78 is 5.56. The second-order valence-electron chi connectivity index (χ2n) is 8.81. The summed E-state index contributed by atoms with van der Waals surface area (Å²) in [6.07, 6.45) is -0.604. The molecule has 0 radical (unpaired) electrons. The number of carboxylic acid groups (broad SMARTS) is 1. The number of fused-ring (bicyclic) bond motifs is 3. The molecule has 3 aromatic rings. The first-order valence-corrected chi connectivity index (χ1v) is 11.0. The average Bonchev–Trinajstić information content (AvgIpc) is 3.11. The lowest BCUT2D eigenvalue weighted by Gasteiger charge is -2.21. The molecule has 0 heterocycles. The predicted octanol–water partition coefficient (Wildman–Crippen LogP) is 4.57. The smallest absolute Gasteiger partial charge is 0.411 e. The summed E-state index contributed by atoms with van der Waals surface area (Å²) in [6.45, 7) is 3.04. The summed E-state index contributed by atoms with van der Waals surface area (Å²) in [4.78, 5) is 35.9. The zero-order valence-electron chi connectivity index (χ0n) is 19.0. The van der Waals surface area contributed by atoms with Crippen molar-refractivity contribution in [3.05, 3.63) is 89.5 Å². The fourth-order valence-corrected chi connectivity index (χ4v) is 4.14. The van der Waals surface area contributed by atoms with Gasteiger partial charge in [0.2, 0.25) is 5.91 Å². The van der Waals surface area contributed by atoms with Gasteiger partial charge in [-0.3, -0.25) is 10.1 Å². The number of carboxylic acids is 1. The fraction of sp³-hybridized carbons (Fsp3) is 0.222. The molecule has 174 valence electrons. The van der Waals surface area contributed by atoms with Crippen LogP contribution in [0.1, 0.15) is 36.5 Å². The maximum atomic E-state index is 12.5. The van der Waals surface area contributed by atoms with Crippen molar-refractivity contribution in [2.75, 3.05) is 11.9 Å². The highest BCUT2D eigenvalue weighted by atomic mass is 16.5. The monoisotopic (exact) mass is 458 g/mol. The van der Waals surface area contributed by atoms with E-state index >= 15 is 0 Å². The summed E-state index contributed by atoms with van der Waals surface area (Å²) in [6, 6.07) is 23.0. The normalized spacial score (nSPS) is 12.4. The molecule has 0 saturated carbocycles. The molecule has 34 heavy (non-hydrogen) atoms. The molecule has 7 nitrogen and oxygen atoms in total. The van der Waals surface area contributed by atoms with Gasteiger partial charge in [0.1, 0.15) is 12.1 Å². The largest absolute Gasteiger partial charge is 0.480 e. The molecule has 0 fully saturated rings. The van der Waals surface area contributed by atoms with Crippen LogP contribution in [0, 0.1) is 0 Å². The van der Waals surface area contributed by atoms with Crippen LogP contribution in [-0.2, 0) is 20.7 Å². The van der Waals surface area contributed by atoms with Gasteiger partial charge in [-0.05, 0) is 53.8 Å². The average molecular weight is 459 g/mol. The van der Waals surface area contributed by atoms with Gasteiger partial charge in [0.15, 0.2) is 0 Å². The van der Waals surface area contributed by atoms with Crippen molar-refractivity contribution in [2.45, 2.75) is 31.7 Å². The van der Waals surface area contributed by atoms with Gasteiger partial charge in [0, 0.05) is 11.6 Å². The van der Waals surface area contributed by atoms with Crippen molar-refractivity contribution in [2.24, 2.45) is 0 Å². The first kappa shape index (κ1) is 23.0. The van der Waals surface area contributed by atoms with Crippen molar-refractivity contribution in [1.29, 1.82) is 0 Å². The van der Waals surface area contributed by atoms with Crippen molar-refractivity contribution in [3.63, 3.8) is 0 Å².